The second-order valence-corrected chi connectivity index (χ2v) is 9.86. The molecule has 1 aromatic heterocycles. The van der Waals surface area contributed by atoms with Crippen molar-refractivity contribution in [1.29, 1.82) is 0 Å². The lowest BCUT2D eigenvalue weighted by Crippen LogP contribution is -2.14. The minimum absolute atomic E-state index is 0.0864. The van der Waals surface area contributed by atoms with Crippen LogP contribution in [-0.2, 0) is 21.8 Å². The Hall–Kier alpha value is -3.83. The Morgan fingerprint density at radius 3 is 2.29 bits per heavy atom. The van der Waals surface area contributed by atoms with Crippen molar-refractivity contribution in [2.24, 2.45) is 12.0 Å². The number of benzene rings is 3. The first-order valence-electron chi connectivity index (χ1n) is 9.83. The largest absolute Gasteiger partial charge is 0.465 e. The average molecular weight is 500 g/mol. The van der Waals surface area contributed by atoms with Crippen LogP contribution in [0.3, 0.4) is 0 Å². The summed E-state index contributed by atoms with van der Waals surface area (Å²) in [7, 11) is -0.839. The first-order chi connectivity index (χ1) is 16.2. The van der Waals surface area contributed by atoms with Crippen molar-refractivity contribution >= 4 is 49.1 Å². The standard InChI is InChI=1S/C23H18FN3O5S2/c1-27-19-12-5-15(22(29)32-2)13-20(19)33-23(27)25-21(28)14-3-8-17(9-4-14)26-34(30,31)18-10-6-16(24)7-11-18/h3-13,26H,1-2H3. The van der Waals surface area contributed by atoms with Crippen LogP contribution in [0.5, 0.6) is 0 Å². The van der Waals surface area contributed by atoms with Crippen LogP contribution < -0.4 is 9.52 Å². The highest BCUT2D eigenvalue weighted by Crippen LogP contribution is 2.20. The Balaban J connectivity index is 1.57. The van der Waals surface area contributed by atoms with Crippen molar-refractivity contribution in [2.45, 2.75) is 4.90 Å². The van der Waals surface area contributed by atoms with E-state index in [2.05, 4.69) is 9.71 Å². The lowest BCUT2D eigenvalue weighted by molar-refractivity contribution is 0.0600. The molecule has 11 heteroatoms. The summed E-state index contributed by atoms with van der Waals surface area (Å²) in [6.45, 7) is 0. The molecule has 1 amide bonds. The molecule has 8 nitrogen and oxygen atoms in total. The van der Waals surface area contributed by atoms with E-state index in [1.165, 1.54) is 42.7 Å². The van der Waals surface area contributed by atoms with E-state index >= 15 is 0 Å². The summed E-state index contributed by atoms with van der Waals surface area (Å²) < 4.78 is 47.5. The van der Waals surface area contributed by atoms with Crippen LogP contribution in [-0.4, -0.2) is 32.0 Å². The number of aryl methyl sites for hydroxylation is 1. The third-order valence-electron chi connectivity index (χ3n) is 4.94. The molecule has 0 bridgehead atoms. The van der Waals surface area contributed by atoms with E-state index in [0.29, 0.717) is 10.4 Å². The molecule has 0 spiro atoms. The van der Waals surface area contributed by atoms with Gasteiger partial charge in [-0.2, -0.15) is 4.99 Å². The number of thiazole rings is 1. The summed E-state index contributed by atoms with van der Waals surface area (Å²) in [5.74, 6) is -1.51. The number of amides is 1. The van der Waals surface area contributed by atoms with Crippen molar-refractivity contribution in [3.63, 3.8) is 0 Å². The molecule has 0 aliphatic carbocycles. The van der Waals surface area contributed by atoms with Gasteiger partial charge in [-0.05, 0) is 66.7 Å². The summed E-state index contributed by atoms with van der Waals surface area (Å²) in [6, 6.07) is 15.3. The fourth-order valence-electron chi connectivity index (χ4n) is 3.15. The number of methoxy groups -OCH3 is 1. The van der Waals surface area contributed by atoms with Crippen LogP contribution in [0.15, 0.2) is 76.6 Å². The average Bonchev–Trinajstić information content (AvgIpc) is 3.13. The number of fused-ring (bicyclic) bond motifs is 1. The van der Waals surface area contributed by atoms with Gasteiger partial charge < -0.3 is 9.30 Å². The Kier molecular flexibility index (Phi) is 6.31. The molecule has 4 rings (SSSR count). The molecular formula is C23H18FN3O5S2. The van der Waals surface area contributed by atoms with E-state index in [4.69, 9.17) is 4.74 Å². The molecule has 0 atom stereocenters. The number of nitrogens with zero attached hydrogens (tertiary/aromatic N) is 2. The summed E-state index contributed by atoms with van der Waals surface area (Å²) in [5, 5.41) is 0. The fraction of sp³-hybridized carbons (Fsp3) is 0.0870. The van der Waals surface area contributed by atoms with Crippen molar-refractivity contribution in [3.05, 3.63) is 88.5 Å². The van der Waals surface area contributed by atoms with Gasteiger partial charge in [0.05, 0.1) is 27.8 Å². The van der Waals surface area contributed by atoms with Gasteiger partial charge in [-0.3, -0.25) is 9.52 Å². The van der Waals surface area contributed by atoms with Gasteiger partial charge in [0.1, 0.15) is 5.82 Å². The Morgan fingerprint density at radius 2 is 1.65 bits per heavy atom. The lowest BCUT2D eigenvalue weighted by Gasteiger charge is -2.08. The second kappa shape index (κ2) is 9.20. The van der Waals surface area contributed by atoms with E-state index in [-0.39, 0.29) is 16.1 Å². The van der Waals surface area contributed by atoms with E-state index in [9.17, 15) is 22.4 Å². The number of sulfonamides is 1. The number of nitrogens with one attached hydrogen (secondary N) is 1. The zero-order chi connectivity index (χ0) is 24.5. The van der Waals surface area contributed by atoms with Gasteiger partial charge >= 0.3 is 5.97 Å². The predicted molar refractivity (Wildman–Crippen MR) is 126 cm³/mol. The first kappa shape index (κ1) is 23.3. The highest BCUT2D eigenvalue weighted by molar-refractivity contribution is 7.92. The molecule has 0 saturated heterocycles. The minimum atomic E-state index is -3.90. The second-order valence-electron chi connectivity index (χ2n) is 7.17. The predicted octanol–water partition coefficient (Wildman–Crippen LogP) is 3.71. The van der Waals surface area contributed by atoms with Crippen molar-refractivity contribution in [3.8, 4) is 0 Å². The molecule has 174 valence electrons. The number of anilines is 1. The third-order valence-corrected chi connectivity index (χ3v) is 7.43. The third kappa shape index (κ3) is 4.75. The minimum Gasteiger partial charge on any atom is -0.465 e. The molecule has 0 aliphatic rings. The number of rotatable bonds is 5. The first-order valence-corrected chi connectivity index (χ1v) is 12.1. The SMILES string of the molecule is COC(=O)c1ccc2c(c1)sc(=NC(=O)c1ccc(NS(=O)(=O)c3ccc(F)cc3)cc1)n2C. The van der Waals surface area contributed by atoms with E-state index < -0.39 is 27.7 Å². The maximum Gasteiger partial charge on any atom is 0.337 e. The Labute approximate surface area is 198 Å². The zero-order valence-electron chi connectivity index (χ0n) is 18.0. The van der Waals surface area contributed by atoms with Gasteiger partial charge in [0, 0.05) is 18.3 Å². The van der Waals surface area contributed by atoms with Gasteiger partial charge in [-0.15, -0.1) is 0 Å². The molecule has 0 unspecified atom stereocenters. The Bertz CT molecular complexity index is 1570. The number of carbonyl (C=O) groups excluding carboxylic acids is 2. The van der Waals surface area contributed by atoms with Crippen LogP contribution in [0.25, 0.3) is 10.2 Å². The number of ether oxygens (including phenoxy) is 1. The maximum atomic E-state index is 13.1. The van der Waals surface area contributed by atoms with Crippen molar-refractivity contribution < 1.29 is 27.1 Å². The zero-order valence-corrected chi connectivity index (χ0v) is 19.6. The maximum absolute atomic E-state index is 13.1. The van der Waals surface area contributed by atoms with Crippen LogP contribution >= 0.6 is 11.3 Å². The summed E-state index contributed by atoms with van der Waals surface area (Å²) >= 11 is 1.25. The highest BCUT2D eigenvalue weighted by atomic mass is 32.2. The molecule has 0 fully saturated rings. The quantitative estimate of drug-likeness (QED) is 0.422. The Morgan fingerprint density at radius 1 is 1.00 bits per heavy atom. The normalized spacial score (nSPS) is 12.0. The van der Waals surface area contributed by atoms with Gasteiger partial charge in [0.2, 0.25) is 0 Å². The molecule has 1 heterocycles. The fourth-order valence-corrected chi connectivity index (χ4v) is 5.26. The lowest BCUT2D eigenvalue weighted by atomic mass is 10.2. The topological polar surface area (TPSA) is 107 Å². The smallest absolute Gasteiger partial charge is 0.337 e. The van der Waals surface area contributed by atoms with Crippen LogP contribution in [0.2, 0.25) is 0 Å². The molecule has 0 aliphatic heterocycles. The van der Waals surface area contributed by atoms with Gasteiger partial charge in [0.15, 0.2) is 4.80 Å². The summed E-state index contributed by atoms with van der Waals surface area (Å²) in [4.78, 5) is 29.0. The van der Waals surface area contributed by atoms with Gasteiger partial charge in [0.25, 0.3) is 15.9 Å². The van der Waals surface area contributed by atoms with Gasteiger partial charge in [-0.25, -0.2) is 17.6 Å². The molecular weight excluding hydrogens is 481 g/mol. The van der Waals surface area contributed by atoms with E-state index in [1.54, 1.807) is 29.8 Å². The monoisotopic (exact) mass is 499 g/mol. The number of hydrogen-bond donors (Lipinski definition) is 1. The van der Waals surface area contributed by atoms with Gasteiger partial charge in [-0.1, -0.05) is 11.3 Å². The highest BCUT2D eigenvalue weighted by Gasteiger charge is 2.15. The van der Waals surface area contributed by atoms with E-state index in [0.717, 1.165) is 34.5 Å². The molecule has 0 radical (unpaired) electrons. The number of halogens is 1. The molecule has 0 saturated carbocycles. The number of esters is 1. The van der Waals surface area contributed by atoms with Crippen LogP contribution in [0, 0.1) is 5.82 Å². The molecule has 1 N–H and O–H groups in total. The molecule has 4 aromatic rings. The number of carbonyl (C=O) groups is 2. The van der Waals surface area contributed by atoms with E-state index in [1.807, 2.05) is 0 Å². The number of aromatic nitrogens is 1. The number of hydrogen-bond acceptors (Lipinski definition) is 6. The van der Waals surface area contributed by atoms with Crippen LogP contribution in [0.4, 0.5) is 10.1 Å². The molecule has 3 aromatic carbocycles. The van der Waals surface area contributed by atoms with Crippen molar-refractivity contribution in [2.75, 3.05) is 11.8 Å². The van der Waals surface area contributed by atoms with Crippen molar-refractivity contribution in [1.82, 2.24) is 4.57 Å². The van der Waals surface area contributed by atoms with Crippen LogP contribution in [0.1, 0.15) is 20.7 Å². The summed E-state index contributed by atoms with van der Waals surface area (Å²) in [6.07, 6.45) is 0. The molecule has 34 heavy (non-hydrogen) atoms. The summed E-state index contributed by atoms with van der Waals surface area (Å²) in [5.41, 5.74) is 1.70.